The Balaban J connectivity index is 1.98. The second kappa shape index (κ2) is 7.20. The molecule has 0 amide bonds. The van der Waals surface area contributed by atoms with Crippen LogP contribution in [0.15, 0.2) is 41.5 Å². The maximum Gasteiger partial charge on any atom is 0.176 e. The van der Waals surface area contributed by atoms with Gasteiger partial charge in [0.15, 0.2) is 11.5 Å². The predicted molar refractivity (Wildman–Crippen MR) is 85.6 cm³/mol. The van der Waals surface area contributed by atoms with Crippen LogP contribution in [0, 0.1) is 0 Å². The molecule has 21 heavy (non-hydrogen) atoms. The zero-order chi connectivity index (χ0) is 15.2. The monoisotopic (exact) mass is 324 g/mol. The van der Waals surface area contributed by atoms with E-state index in [1.165, 1.54) is 7.11 Å². The van der Waals surface area contributed by atoms with E-state index >= 15 is 0 Å². The van der Waals surface area contributed by atoms with Crippen molar-refractivity contribution in [2.24, 2.45) is 5.10 Å². The molecule has 0 aliphatic carbocycles. The van der Waals surface area contributed by atoms with Crippen LogP contribution in [0.25, 0.3) is 0 Å². The van der Waals surface area contributed by atoms with Crippen molar-refractivity contribution < 1.29 is 9.84 Å². The smallest absolute Gasteiger partial charge is 0.176 e. The highest BCUT2D eigenvalue weighted by atomic mass is 35.5. The molecular weight excluding hydrogens is 311 g/mol. The lowest BCUT2D eigenvalue weighted by Gasteiger charge is -2.06. The molecule has 2 N–H and O–H groups in total. The van der Waals surface area contributed by atoms with Crippen molar-refractivity contribution in [2.45, 2.75) is 6.54 Å². The summed E-state index contributed by atoms with van der Waals surface area (Å²) in [5, 5.41) is 14.7. The lowest BCUT2D eigenvalue weighted by atomic mass is 10.2. The van der Waals surface area contributed by atoms with Crippen LogP contribution in [0.3, 0.4) is 0 Å². The Kier molecular flexibility index (Phi) is 5.31. The molecule has 0 aromatic heterocycles. The lowest BCUT2D eigenvalue weighted by Crippen LogP contribution is -2.05. The third-order valence-corrected chi connectivity index (χ3v) is 3.31. The molecule has 0 spiro atoms. The highest BCUT2D eigenvalue weighted by Crippen LogP contribution is 2.34. The molecule has 0 saturated carbocycles. The Hall–Kier alpha value is -1.91. The van der Waals surface area contributed by atoms with Crippen molar-refractivity contribution in [1.82, 2.24) is 5.43 Å². The fraction of sp³-hybridized carbons (Fsp3) is 0.133. The second-order valence-corrected chi connectivity index (χ2v) is 5.12. The van der Waals surface area contributed by atoms with E-state index < -0.39 is 0 Å². The van der Waals surface area contributed by atoms with E-state index in [-0.39, 0.29) is 10.8 Å². The van der Waals surface area contributed by atoms with Crippen molar-refractivity contribution in [3.63, 3.8) is 0 Å². The highest BCUT2D eigenvalue weighted by Gasteiger charge is 2.07. The summed E-state index contributed by atoms with van der Waals surface area (Å²) < 4.78 is 5.02. The third-order valence-electron chi connectivity index (χ3n) is 2.77. The van der Waals surface area contributed by atoms with Gasteiger partial charge in [-0.05, 0) is 35.4 Å². The Morgan fingerprint density at radius 1 is 1.24 bits per heavy atom. The first-order chi connectivity index (χ1) is 10.1. The minimum Gasteiger partial charge on any atom is -0.503 e. The van der Waals surface area contributed by atoms with Gasteiger partial charge in [-0.2, -0.15) is 5.10 Å². The molecule has 0 aliphatic rings. The van der Waals surface area contributed by atoms with Crippen LogP contribution >= 0.6 is 23.2 Å². The number of aromatic hydroxyl groups is 1. The highest BCUT2D eigenvalue weighted by molar-refractivity contribution is 6.32. The standard InChI is InChI=1S/C15H14Cl2N2O2/c1-21-14-7-11(6-13(17)15(14)20)9-19-18-8-10-2-4-12(16)5-3-10/h2-7,9,18,20H,8H2,1H3/b19-9-. The van der Waals surface area contributed by atoms with E-state index in [0.717, 1.165) is 11.1 Å². The molecule has 0 saturated heterocycles. The summed E-state index contributed by atoms with van der Waals surface area (Å²) in [7, 11) is 1.46. The zero-order valence-electron chi connectivity index (χ0n) is 11.3. The van der Waals surface area contributed by atoms with Crippen LogP contribution < -0.4 is 10.2 Å². The summed E-state index contributed by atoms with van der Waals surface area (Å²) in [5.41, 5.74) is 4.71. The minimum absolute atomic E-state index is 0.0783. The fourth-order valence-corrected chi connectivity index (χ4v) is 2.03. The number of ether oxygens (including phenoxy) is 1. The molecule has 2 aromatic carbocycles. The zero-order valence-corrected chi connectivity index (χ0v) is 12.8. The number of benzene rings is 2. The summed E-state index contributed by atoms with van der Waals surface area (Å²) in [4.78, 5) is 0. The van der Waals surface area contributed by atoms with Crippen LogP contribution in [-0.4, -0.2) is 18.4 Å². The van der Waals surface area contributed by atoms with Crippen LogP contribution in [0.1, 0.15) is 11.1 Å². The topological polar surface area (TPSA) is 53.8 Å². The number of hydrogen-bond donors (Lipinski definition) is 2. The van der Waals surface area contributed by atoms with Gasteiger partial charge >= 0.3 is 0 Å². The maximum atomic E-state index is 9.64. The molecular formula is C15H14Cl2N2O2. The SMILES string of the molecule is COc1cc(/C=N\NCc2ccc(Cl)cc2)cc(Cl)c1O. The van der Waals surface area contributed by atoms with Crippen molar-refractivity contribution in [3.8, 4) is 11.5 Å². The first-order valence-corrected chi connectivity index (χ1v) is 6.92. The first kappa shape index (κ1) is 15.5. The molecule has 2 rings (SSSR count). The molecule has 2 aromatic rings. The number of phenols is 1. The molecule has 0 bridgehead atoms. The molecule has 0 aliphatic heterocycles. The van der Waals surface area contributed by atoms with Gasteiger partial charge in [-0.3, -0.25) is 0 Å². The van der Waals surface area contributed by atoms with E-state index in [1.54, 1.807) is 18.3 Å². The van der Waals surface area contributed by atoms with Gasteiger partial charge < -0.3 is 15.3 Å². The van der Waals surface area contributed by atoms with Crippen molar-refractivity contribution >= 4 is 29.4 Å². The number of nitrogens with zero attached hydrogens (tertiary/aromatic N) is 1. The maximum absolute atomic E-state index is 9.64. The molecule has 4 nitrogen and oxygen atoms in total. The fourth-order valence-electron chi connectivity index (χ4n) is 1.68. The van der Waals surface area contributed by atoms with E-state index in [0.29, 0.717) is 17.3 Å². The summed E-state index contributed by atoms with van der Waals surface area (Å²) in [5.74, 6) is 0.229. The van der Waals surface area contributed by atoms with Crippen molar-refractivity contribution in [3.05, 3.63) is 57.6 Å². The Morgan fingerprint density at radius 2 is 1.95 bits per heavy atom. The molecule has 0 atom stereocenters. The van der Waals surface area contributed by atoms with Gasteiger partial charge in [-0.15, -0.1) is 0 Å². The Morgan fingerprint density at radius 3 is 2.62 bits per heavy atom. The number of rotatable bonds is 5. The summed E-state index contributed by atoms with van der Waals surface area (Å²) in [6, 6.07) is 10.7. The second-order valence-electron chi connectivity index (χ2n) is 4.27. The molecule has 0 heterocycles. The normalized spacial score (nSPS) is 10.8. The number of phenolic OH excluding ortho intramolecular Hbond substituents is 1. The van der Waals surface area contributed by atoms with Crippen LogP contribution in [0.2, 0.25) is 10.0 Å². The van der Waals surface area contributed by atoms with Gasteiger partial charge in [0.1, 0.15) is 0 Å². The largest absolute Gasteiger partial charge is 0.503 e. The van der Waals surface area contributed by atoms with Crippen molar-refractivity contribution in [1.29, 1.82) is 0 Å². The Labute approximate surface area is 133 Å². The van der Waals surface area contributed by atoms with Gasteiger partial charge in [0.2, 0.25) is 0 Å². The van der Waals surface area contributed by atoms with E-state index in [9.17, 15) is 5.11 Å². The van der Waals surface area contributed by atoms with Crippen molar-refractivity contribution in [2.75, 3.05) is 7.11 Å². The third kappa shape index (κ3) is 4.28. The first-order valence-electron chi connectivity index (χ1n) is 6.17. The quantitative estimate of drug-likeness (QED) is 0.649. The van der Waals surface area contributed by atoms with Gasteiger partial charge in [0.05, 0.1) is 24.9 Å². The summed E-state index contributed by atoms with van der Waals surface area (Å²) in [6.45, 7) is 0.580. The molecule has 110 valence electrons. The van der Waals surface area contributed by atoms with Gasteiger partial charge in [0, 0.05) is 5.02 Å². The lowest BCUT2D eigenvalue weighted by molar-refractivity contribution is 0.373. The van der Waals surface area contributed by atoms with Gasteiger partial charge in [0.25, 0.3) is 0 Å². The van der Waals surface area contributed by atoms with Crippen LogP contribution in [-0.2, 0) is 6.54 Å². The number of nitrogens with one attached hydrogen (secondary N) is 1. The molecule has 6 heteroatoms. The van der Waals surface area contributed by atoms with Gasteiger partial charge in [-0.25, -0.2) is 0 Å². The Bertz CT molecular complexity index is 643. The van der Waals surface area contributed by atoms with E-state index in [2.05, 4.69) is 10.5 Å². The van der Waals surface area contributed by atoms with E-state index in [1.807, 2.05) is 24.3 Å². The molecule has 0 fully saturated rings. The van der Waals surface area contributed by atoms with Gasteiger partial charge in [-0.1, -0.05) is 35.3 Å². The predicted octanol–water partition coefficient (Wildman–Crippen LogP) is 3.83. The molecule has 0 radical (unpaired) electrons. The average Bonchev–Trinajstić information content (AvgIpc) is 2.48. The molecule has 0 unspecified atom stereocenters. The number of hydrazone groups is 1. The number of methoxy groups -OCH3 is 1. The minimum atomic E-state index is -0.0783. The average molecular weight is 325 g/mol. The summed E-state index contributed by atoms with van der Waals surface area (Å²) >= 11 is 11.7. The number of hydrogen-bond acceptors (Lipinski definition) is 4. The van der Waals surface area contributed by atoms with Crippen LogP contribution in [0.4, 0.5) is 0 Å². The van der Waals surface area contributed by atoms with E-state index in [4.69, 9.17) is 27.9 Å². The van der Waals surface area contributed by atoms with Crippen LogP contribution in [0.5, 0.6) is 11.5 Å². The summed E-state index contributed by atoms with van der Waals surface area (Å²) in [6.07, 6.45) is 1.60. The number of halogens is 2.